The third-order valence-corrected chi connectivity index (χ3v) is 4.12. The van der Waals surface area contributed by atoms with Crippen molar-refractivity contribution in [1.82, 2.24) is 15.5 Å². The zero-order valence-electron chi connectivity index (χ0n) is 14.8. The lowest BCUT2D eigenvalue weighted by Gasteiger charge is -2.24. The van der Waals surface area contributed by atoms with Crippen molar-refractivity contribution in [1.29, 1.82) is 0 Å². The first kappa shape index (κ1) is 17.6. The van der Waals surface area contributed by atoms with E-state index in [2.05, 4.69) is 48.7 Å². The lowest BCUT2D eigenvalue weighted by molar-refractivity contribution is 0.305. The smallest absolute Gasteiger partial charge is 0.191 e. The SMILES string of the molecule is CCNC(=NCC(c1cccc(OC)c1)N(C)C)NCC1CC1. The number of ether oxygens (including phenoxy) is 1. The van der Waals surface area contributed by atoms with Crippen LogP contribution in [-0.2, 0) is 0 Å². The van der Waals surface area contributed by atoms with Crippen molar-refractivity contribution in [2.45, 2.75) is 25.8 Å². The van der Waals surface area contributed by atoms with Crippen molar-refractivity contribution in [3.05, 3.63) is 29.8 Å². The first-order valence-electron chi connectivity index (χ1n) is 8.46. The molecule has 128 valence electrons. The molecule has 0 spiro atoms. The van der Waals surface area contributed by atoms with Crippen LogP contribution in [0.15, 0.2) is 29.3 Å². The van der Waals surface area contributed by atoms with Gasteiger partial charge in [-0.15, -0.1) is 0 Å². The van der Waals surface area contributed by atoms with E-state index in [1.54, 1.807) is 7.11 Å². The van der Waals surface area contributed by atoms with Gasteiger partial charge in [0, 0.05) is 13.1 Å². The molecule has 1 aromatic carbocycles. The Labute approximate surface area is 140 Å². The summed E-state index contributed by atoms with van der Waals surface area (Å²) < 4.78 is 5.34. The van der Waals surface area contributed by atoms with Gasteiger partial charge < -0.3 is 20.3 Å². The fraction of sp³-hybridized carbons (Fsp3) is 0.611. The van der Waals surface area contributed by atoms with Crippen LogP contribution in [0.2, 0.25) is 0 Å². The summed E-state index contributed by atoms with van der Waals surface area (Å²) in [5.74, 6) is 2.63. The summed E-state index contributed by atoms with van der Waals surface area (Å²) in [6.07, 6.45) is 2.69. The van der Waals surface area contributed by atoms with Crippen LogP contribution in [0.3, 0.4) is 0 Å². The van der Waals surface area contributed by atoms with Gasteiger partial charge in [0.15, 0.2) is 5.96 Å². The Morgan fingerprint density at radius 1 is 1.35 bits per heavy atom. The number of hydrogen-bond donors (Lipinski definition) is 2. The maximum Gasteiger partial charge on any atom is 0.191 e. The van der Waals surface area contributed by atoms with Crippen molar-refractivity contribution >= 4 is 5.96 Å². The number of aliphatic imine (C=N–C) groups is 1. The van der Waals surface area contributed by atoms with Gasteiger partial charge in [-0.3, -0.25) is 4.99 Å². The third kappa shape index (κ3) is 5.75. The van der Waals surface area contributed by atoms with Crippen molar-refractivity contribution < 1.29 is 4.74 Å². The molecule has 1 unspecified atom stereocenters. The van der Waals surface area contributed by atoms with Gasteiger partial charge in [-0.25, -0.2) is 0 Å². The largest absolute Gasteiger partial charge is 0.497 e. The summed E-state index contributed by atoms with van der Waals surface area (Å²) in [5.41, 5.74) is 1.22. The molecule has 2 N–H and O–H groups in total. The molecule has 1 aliphatic carbocycles. The molecule has 23 heavy (non-hydrogen) atoms. The molecule has 0 heterocycles. The maximum atomic E-state index is 5.34. The van der Waals surface area contributed by atoms with Crippen LogP contribution >= 0.6 is 0 Å². The average molecular weight is 318 g/mol. The van der Waals surface area contributed by atoms with Gasteiger partial charge in [0.05, 0.1) is 19.7 Å². The van der Waals surface area contributed by atoms with E-state index >= 15 is 0 Å². The molecule has 0 aliphatic heterocycles. The first-order chi connectivity index (χ1) is 11.1. The second-order valence-corrected chi connectivity index (χ2v) is 6.30. The number of methoxy groups -OCH3 is 1. The summed E-state index contributed by atoms with van der Waals surface area (Å²) >= 11 is 0. The molecule has 0 radical (unpaired) electrons. The number of guanidine groups is 1. The van der Waals surface area contributed by atoms with Crippen LogP contribution < -0.4 is 15.4 Å². The number of benzene rings is 1. The van der Waals surface area contributed by atoms with Crippen LogP contribution in [-0.4, -0.2) is 51.7 Å². The van der Waals surface area contributed by atoms with Crippen molar-refractivity contribution in [3.8, 4) is 5.75 Å². The minimum absolute atomic E-state index is 0.224. The van der Waals surface area contributed by atoms with Gasteiger partial charge >= 0.3 is 0 Å². The average Bonchev–Trinajstić information content (AvgIpc) is 3.37. The number of rotatable bonds is 8. The molecular formula is C18H30N4O. The quantitative estimate of drug-likeness (QED) is 0.570. The zero-order chi connectivity index (χ0) is 16.7. The van der Waals surface area contributed by atoms with Gasteiger partial charge in [0.1, 0.15) is 5.75 Å². The second-order valence-electron chi connectivity index (χ2n) is 6.30. The molecule has 1 fully saturated rings. The van der Waals surface area contributed by atoms with E-state index in [0.717, 1.165) is 30.7 Å². The Hall–Kier alpha value is -1.75. The van der Waals surface area contributed by atoms with E-state index in [0.29, 0.717) is 6.54 Å². The molecule has 1 saturated carbocycles. The predicted octanol–water partition coefficient (Wildman–Crippen LogP) is 2.26. The van der Waals surface area contributed by atoms with Crippen LogP contribution in [0.1, 0.15) is 31.4 Å². The van der Waals surface area contributed by atoms with Crippen LogP contribution in [0.5, 0.6) is 5.75 Å². The molecule has 0 saturated heterocycles. The molecule has 1 aliphatic rings. The van der Waals surface area contributed by atoms with Gasteiger partial charge in [0.25, 0.3) is 0 Å². The van der Waals surface area contributed by atoms with Crippen molar-refractivity contribution in [3.63, 3.8) is 0 Å². The van der Waals surface area contributed by atoms with Gasteiger partial charge in [0.2, 0.25) is 0 Å². The summed E-state index contributed by atoms with van der Waals surface area (Å²) in [5, 5.41) is 6.78. The van der Waals surface area contributed by atoms with Crippen molar-refractivity contribution in [2.75, 3.05) is 40.8 Å². The Bertz CT molecular complexity index is 511. The Morgan fingerprint density at radius 3 is 2.74 bits per heavy atom. The lowest BCUT2D eigenvalue weighted by Crippen LogP contribution is -2.39. The molecular weight excluding hydrogens is 288 g/mol. The number of nitrogens with one attached hydrogen (secondary N) is 2. The summed E-state index contributed by atoms with van der Waals surface area (Å²) in [4.78, 5) is 6.98. The van der Waals surface area contributed by atoms with Crippen molar-refractivity contribution in [2.24, 2.45) is 10.9 Å². The summed E-state index contributed by atoms with van der Waals surface area (Å²) in [6, 6.07) is 8.45. The highest BCUT2D eigenvalue weighted by Gasteiger charge is 2.21. The van der Waals surface area contributed by atoms with Gasteiger partial charge in [-0.2, -0.15) is 0 Å². The van der Waals surface area contributed by atoms with E-state index in [-0.39, 0.29) is 6.04 Å². The number of hydrogen-bond acceptors (Lipinski definition) is 3. The predicted molar refractivity (Wildman–Crippen MR) is 96.1 cm³/mol. The number of likely N-dealkylation sites (N-methyl/N-ethyl adjacent to an activating group) is 1. The molecule has 2 rings (SSSR count). The van der Waals surface area contributed by atoms with E-state index in [4.69, 9.17) is 9.73 Å². The van der Waals surface area contributed by atoms with Crippen LogP contribution in [0, 0.1) is 5.92 Å². The highest BCUT2D eigenvalue weighted by molar-refractivity contribution is 5.79. The molecule has 5 heteroatoms. The minimum atomic E-state index is 0.224. The topological polar surface area (TPSA) is 48.9 Å². The van der Waals surface area contributed by atoms with E-state index in [1.807, 2.05) is 12.1 Å². The van der Waals surface area contributed by atoms with Crippen LogP contribution in [0.25, 0.3) is 0 Å². The Morgan fingerprint density at radius 2 is 2.13 bits per heavy atom. The lowest BCUT2D eigenvalue weighted by atomic mass is 10.1. The number of nitrogens with zero attached hydrogens (tertiary/aromatic N) is 2. The van der Waals surface area contributed by atoms with E-state index < -0.39 is 0 Å². The molecule has 5 nitrogen and oxygen atoms in total. The van der Waals surface area contributed by atoms with Gasteiger partial charge in [-0.05, 0) is 57.5 Å². The fourth-order valence-corrected chi connectivity index (χ4v) is 2.50. The summed E-state index contributed by atoms with van der Waals surface area (Å²) in [7, 11) is 5.88. The van der Waals surface area contributed by atoms with Crippen LogP contribution in [0.4, 0.5) is 0 Å². The molecule has 1 atom stereocenters. The van der Waals surface area contributed by atoms with Gasteiger partial charge in [-0.1, -0.05) is 12.1 Å². The molecule has 0 bridgehead atoms. The molecule has 0 aromatic heterocycles. The second kappa shape index (κ2) is 8.77. The fourth-order valence-electron chi connectivity index (χ4n) is 2.50. The first-order valence-corrected chi connectivity index (χ1v) is 8.46. The summed E-state index contributed by atoms with van der Waals surface area (Å²) in [6.45, 7) is 4.71. The van der Waals surface area contributed by atoms with E-state index in [1.165, 1.54) is 18.4 Å². The monoisotopic (exact) mass is 318 g/mol. The Balaban J connectivity index is 2.04. The highest BCUT2D eigenvalue weighted by Crippen LogP contribution is 2.27. The Kier molecular flexibility index (Phi) is 6.71. The maximum absolute atomic E-state index is 5.34. The zero-order valence-corrected chi connectivity index (χ0v) is 14.8. The minimum Gasteiger partial charge on any atom is -0.497 e. The molecule has 1 aromatic rings. The third-order valence-electron chi connectivity index (χ3n) is 4.12. The molecule has 0 amide bonds. The highest BCUT2D eigenvalue weighted by atomic mass is 16.5. The normalized spacial score (nSPS) is 16.3. The van der Waals surface area contributed by atoms with E-state index in [9.17, 15) is 0 Å². The standard InChI is InChI=1S/C18H30N4O/c1-5-19-18(20-12-14-9-10-14)21-13-17(22(2)3)15-7-6-8-16(11-15)23-4/h6-8,11,14,17H,5,9-10,12-13H2,1-4H3,(H2,19,20,21).